The van der Waals surface area contributed by atoms with Gasteiger partial charge in [0, 0.05) is 11.1 Å². The number of ether oxygens (including phenoxy) is 1. The highest BCUT2D eigenvalue weighted by molar-refractivity contribution is 5.94. The van der Waals surface area contributed by atoms with E-state index in [1.54, 1.807) is 42.6 Å². The van der Waals surface area contributed by atoms with Crippen LogP contribution in [0.3, 0.4) is 0 Å². The van der Waals surface area contributed by atoms with Crippen molar-refractivity contribution in [1.29, 1.82) is 0 Å². The second-order valence-corrected chi connectivity index (χ2v) is 8.97. The third-order valence-corrected chi connectivity index (χ3v) is 5.72. The van der Waals surface area contributed by atoms with Crippen LogP contribution in [0.1, 0.15) is 54.8 Å². The lowest BCUT2D eigenvalue weighted by atomic mass is 9.74. The van der Waals surface area contributed by atoms with Gasteiger partial charge >= 0.3 is 0 Å². The molecule has 0 saturated heterocycles. The highest BCUT2D eigenvalue weighted by Gasteiger charge is 2.36. The summed E-state index contributed by atoms with van der Waals surface area (Å²) >= 11 is 0. The van der Waals surface area contributed by atoms with Crippen molar-refractivity contribution in [2.45, 2.75) is 39.7 Å². The Morgan fingerprint density at radius 2 is 1.84 bits per heavy atom. The van der Waals surface area contributed by atoms with Gasteiger partial charge in [-0.15, -0.1) is 0 Å². The van der Waals surface area contributed by atoms with E-state index in [0.29, 0.717) is 11.3 Å². The van der Waals surface area contributed by atoms with Crippen molar-refractivity contribution in [3.05, 3.63) is 77.4 Å². The van der Waals surface area contributed by atoms with Gasteiger partial charge in [0.2, 0.25) is 0 Å². The van der Waals surface area contributed by atoms with E-state index in [-0.39, 0.29) is 35.6 Å². The van der Waals surface area contributed by atoms with E-state index in [9.17, 15) is 14.0 Å². The van der Waals surface area contributed by atoms with Crippen molar-refractivity contribution in [2.75, 3.05) is 6.61 Å². The minimum absolute atomic E-state index is 0.0220. The van der Waals surface area contributed by atoms with E-state index in [4.69, 9.17) is 4.74 Å². The Morgan fingerprint density at radius 3 is 2.50 bits per heavy atom. The minimum atomic E-state index is -0.295. The molecule has 1 amide bonds. The molecule has 1 heterocycles. The van der Waals surface area contributed by atoms with Crippen LogP contribution >= 0.6 is 0 Å². The van der Waals surface area contributed by atoms with Crippen molar-refractivity contribution < 1.29 is 18.7 Å². The summed E-state index contributed by atoms with van der Waals surface area (Å²) in [5, 5.41) is 7.59. The molecule has 1 N–H and O–H groups in total. The topological polar surface area (TPSA) is 73.2 Å². The van der Waals surface area contributed by atoms with Crippen LogP contribution in [0.4, 0.5) is 4.39 Å². The van der Waals surface area contributed by atoms with E-state index in [0.717, 1.165) is 29.8 Å². The second-order valence-electron chi connectivity index (χ2n) is 8.97. The molecule has 0 fully saturated rings. The Balaban J connectivity index is 1.47. The molecule has 166 valence electrons. The van der Waals surface area contributed by atoms with Crippen LogP contribution in [0.5, 0.6) is 5.75 Å². The molecular formula is C25H26FN3O3. The Morgan fingerprint density at radius 1 is 1.16 bits per heavy atom. The Labute approximate surface area is 186 Å². The van der Waals surface area contributed by atoms with Crippen LogP contribution in [0.2, 0.25) is 0 Å². The lowest BCUT2D eigenvalue weighted by Gasteiger charge is -2.36. The quantitative estimate of drug-likeness (QED) is 0.582. The number of halogens is 1. The van der Waals surface area contributed by atoms with E-state index < -0.39 is 0 Å². The maximum Gasteiger partial charge on any atom is 0.258 e. The average molecular weight is 435 g/mol. The molecule has 1 unspecified atom stereocenters. The number of fused-ring (bicyclic) bond motifs is 1. The maximum absolute atomic E-state index is 13.3. The summed E-state index contributed by atoms with van der Waals surface area (Å²) in [4.78, 5) is 24.0. The molecule has 1 aliphatic carbocycles. The average Bonchev–Trinajstić information content (AvgIpc) is 3.16. The number of Topliss-reactive ketones (excluding diaryl/α,β-unsaturated/α-hetero) is 1. The van der Waals surface area contributed by atoms with Gasteiger partial charge in [-0.05, 0) is 73.7 Å². The van der Waals surface area contributed by atoms with Crippen LogP contribution in [0.25, 0.3) is 5.69 Å². The summed E-state index contributed by atoms with van der Waals surface area (Å²) < 4.78 is 20.8. The molecule has 0 spiro atoms. The molecule has 32 heavy (non-hydrogen) atoms. The number of hydrogen-bond donors (Lipinski definition) is 1. The zero-order valence-electron chi connectivity index (χ0n) is 18.4. The summed E-state index contributed by atoms with van der Waals surface area (Å²) in [5.41, 5.74) is 3.31. The summed E-state index contributed by atoms with van der Waals surface area (Å²) in [6, 6.07) is 12.7. The van der Waals surface area contributed by atoms with E-state index in [1.165, 1.54) is 19.1 Å². The molecule has 0 radical (unpaired) electrons. The monoisotopic (exact) mass is 435 g/mol. The summed E-state index contributed by atoms with van der Waals surface area (Å²) in [7, 11) is 0. The smallest absolute Gasteiger partial charge is 0.258 e. The molecule has 4 rings (SSSR count). The van der Waals surface area contributed by atoms with Crippen LogP contribution < -0.4 is 10.1 Å². The van der Waals surface area contributed by atoms with Gasteiger partial charge in [0.05, 0.1) is 23.6 Å². The molecule has 0 bridgehead atoms. The molecule has 0 aliphatic heterocycles. The van der Waals surface area contributed by atoms with Gasteiger partial charge in [0.1, 0.15) is 11.6 Å². The number of carbonyl (C=O) groups excluding carboxylic acids is 2. The van der Waals surface area contributed by atoms with Gasteiger partial charge in [-0.25, -0.2) is 9.07 Å². The van der Waals surface area contributed by atoms with Crippen molar-refractivity contribution in [3.63, 3.8) is 0 Å². The van der Waals surface area contributed by atoms with E-state index in [1.807, 2.05) is 4.68 Å². The summed E-state index contributed by atoms with van der Waals surface area (Å²) in [6.45, 7) is 5.69. The first-order valence-corrected chi connectivity index (χ1v) is 10.6. The number of benzene rings is 2. The van der Waals surface area contributed by atoms with Crippen LogP contribution in [0.15, 0.2) is 54.7 Å². The summed E-state index contributed by atoms with van der Waals surface area (Å²) in [6.07, 6.45) is 3.35. The lowest BCUT2D eigenvalue weighted by Crippen LogP contribution is -2.38. The van der Waals surface area contributed by atoms with Gasteiger partial charge in [0.15, 0.2) is 12.4 Å². The van der Waals surface area contributed by atoms with Gasteiger partial charge in [-0.3, -0.25) is 9.59 Å². The van der Waals surface area contributed by atoms with Gasteiger partial charge in [-0.2, -0.15) is 5.10 Å². The van der Waals surface area contributed by atoms with Crippen molar-refractivity contribution >= 4 is 11.7 Å². The molecule has 7 heteroatoms. The molecule has 1 aromatic heterocycles. The zero-order chi connectivity index (χ0) is 22.9. The highest BCUT2D eigenvalue weighted by Crippen LogP contribution is 2.41. The Kier molecular flexibility index (Phi) is 5.82. The van der Waals surface area contributed by atoms with Crippen molar-refractivity contribution in [3.8, 4) is 11.4 Å². The number of ketones is 1. The van der Waals surface area contributed by atoms with Crippen molar-refractivity contribution in [2.24, 2.45) is 5.41 Å². The lowest BCUT2D eigenvalue weighted by molar-refractivity contribution is -0.124. The zero-order valence-corrected chi connectivity index (χ0v) is 18.4. The SMILES string of the molecule is CC(=O)c1ccc(OCC(=O)NC2CC(C)(C)Cc3c2cnn3-c2ccc(F)cc2)cc1. The number of nitrogens with zero attached hydrogens (tertiary/aromatic N) is 2. The molecular weight excluding hydrogens is 409 g/mol. The summed E-state index contributed by atoms with van der Waals surface area (Å²) in [5.74, 6) is -0.0230. The normalized spacial score (nSPS) is 16.8. The third kappa shape index (κ3) is 4.72. The number of hydrogen-bond acceptors (Lipinski definition) is 4. The standard InChI is InChI=1S/C25H26FN3O3/c1-16(30)17-4-10-20(11-5-17)32-15-24(31)28-22-12-25(2,3)13-23-21(22)14-27-29(23)19-8-6-18(26)7-9-19/h4-11,14,22H,12-13,15H2,1-3H3,(H,28,31). The highest BCUT2D eigenvalue weighted by atomic mass is 19.1. The van der Waals surface area contributed by atoms with E-state index >= 15 is 0 Å². The first kappa shape index (κ1) is 21.7. The number of amides is 1. The second kappa shape index (κ2) is 8.57. The Hall–Kier alpha value is -3.48. The molecule has 1 aliphatic rings. The molecule has 6 nitrogen and oxygen atoms in total. The van der Waals surface area contributed by atoms with Gasteiger partial charge in [0.25, 0.3) is 5.91 Å². The maximum atomic E-state index is 13.3. The number of rotatable bonds is 6. The fourth-order valence-corrected chi connectivity index (χ4v) is 4.15. The molecule has 0 saturated carbocycles. The molecule has 2 aromatic carbocycles. The van der Waals surface area contributed by atoms with Crippen molar-refractivity contribution in [1.82, 2.24) is 15.1 Å². The van der Waals surface area contributed by atoms with Crippen LogP contribution in [0, 0.1) is 11.2 Å². The van der Waals surface area contributed by atoms with Gasteiger partial charge in [-0.1, -0.05) is 13.8 Å². The molecule has 3 aromatic rings. The number of aromatic nitrogens is 2. The molecule has 1 atom stereocenters. The fraction of sp³-hybridized carbons (Fsp3) is 0.320. The first-order chi connectivity index (χ1) is 15.2. The third-order valence-electron chi connectivity index (χ3n) is 5.72. The predicted octanol–water partition coefficient (Wildman–Crippen LogP) is 4.42. The van der Waals surface area contributed by atoms with Crippen LogP contribution in [-0.2, 0) is 11.2 Å². The first-order valence-electron chi connectivity index (χ1n) is 10.6. The van der Waals surface area contributed by atoms with Crippen LogP contribution in [-0.4, -0.2) is 28.1 Å². The minimum Gasteiger partial charge on any atom is -0.484 e. The van der Waals surface area contributed by atoms with Gasteiger partial charge < -0.3 is 10.1 Å². The number of carbonyl (C=O) groups is 2. The largest absolute Gasteiger partial charge is 0.484 e. The fourth-order valence-electron chi connectivity index (χ4n) is 4.15. The number of nitrogens with one attached hydrogen (secondary N) is 1. The Bertz CT molecular complexity index is 1130. The van der Waals surface area contributed by atoms with E-state index in [2.05, 4.69) is 24.3 Å². The predicted molar refractivity (Wildman–Crippen MR) is 118 cm³/mol.